The molecular formula is C10H10N2O3S+. The van der Waals surface area contributed by atoms with Crippen LogP contribution in [0.4, 0.5) is 5.69 Å². The molecule has 2 aromatic carbocycles. The summed E-state index contributed by atoms with van der Waals surface area (Å²) in [5.41, 5.74) is 6.25. The van der Waals surface area contributed by atoms with E-state index in [0.29, 0.717) is 11.1 Å². The third kappa shape index (κ3) is 1.79. The summed E-state index contributed by atoms with van der Waals surface area (Å²) in [6.45, 7) is 0. The van der Waals surface area contributed by atoms with Crippen molar-refractivity contribution in [3.63, 3.8) is 0 Å². The molecule has 2 aromatic rings. The third-order valence-electron chi connectivity index (χ3n) is 2.30. The van der Waals surface area contributed by atoms with Gasteiger partial charge in [-0.25, -0.2) is 0 Å². The fourth-order valence-electron chi connectivity index (χ4n) is 1.49. The number of hydrogen-bond acceptors (Lipinski definition) is 4. The number of benzene rings is 2. The van der Waals surface area contributed by atoms with E-state index in [2.05, 4.69) is 4.28 Å². The summed E-state index contributed by atoms with van der Waals surface area (Å²) in [6.07, 6.45) is 0. The first kappa shape index (κ1) is 11.0. The molecule has 1 atom stereocenters. The lowest BCUT2D eigenvalue weighted by molar-refractivity contribution is 0.261. The molecule has 4 N–H and O–H groups in total. The van der Waals surface area contributed by atoms with E-state index in [1.54, 1.807) is 18.2 Å². The average molecular weight is 238 g/mol. The smallest absolute Gasteiger partial charge is 0.398 e. The predicted molar refractivity (Wildman–Crippen MR) is 60.6 cm³/mol. The number of hydrogen-bond donors (Lipinski definition) is 2. The quantitative estimate of drug-likeness (QED) is 0.469. The first-order valence-electron chi connectivity index (χ1n) is 4.46. The molecule has 0 aliphatic rings. The standard InChI is InChI=1S/C10H10N2O3S/c11-10-3-1-2-7-4-5-8(6-9(7)10)16(13,14)15-12/h1-6H,11-12H2/q+1. The summed E-state index contributed by atoms with van der Waals surface area (Å²) >= 11 is 0. The van der Waals surface area contributed by atoms with Crippen LogP contribution in [-0.4, -0.2) is 0 Å². The van der Waals surface area contributed by atoms with Gasteiger partial charge in [0, 0.05) is 23.2 Å². The van der Waals surface area contributed by atoms with Gasteiger partial charge in [-0.15, -0.1) is 0 Å². The van der Waals surface area contributed by atoms with Crippen LogP contribution in [0.3, 0.4) is 0 Å². The minimum atomic E-state index is -3.88. The van der Waals surface area contributed by atoms with Crippen molar-refractivity contribution >= 4 is 27.0 Å². The van der Waals surface area contributed by atoms with Gasteiger partial charge in [-0.3, -0.25) is 0 Å². The van der Waals surface area contributed by atoms with Crippen molar-refractivity contribution in [1.29, 1.82) is 0 Å². The summed E-state index contributed by atoms with van der Waals surface area (Å²) in [5, 5.41) is 1.51. The molecule has 0 bridgehead atoms. The Bertz CT molecular complexity index is 585. The van der Waals surface area contributed by atoms with Crippen LogP contribution in [0, 0.1) is 0 Å². The van der Waals surface area contributed by atoms with Crippen molar-refractivity contribution in [2.45, 2.75) is 4.90 Å². The molecule has 2 rings (SSSR count). The number of anilines is 1. The van der Waals surface area contributed by atoms with Gasteiger partial charge in [0.1, 0.15) is 0 Å². The summed E-state index contributed by atoms with van der Waals surface area (Å²) in [7, 11) is -3.88. The molecule has 0 aliphatic heterocycles. The first-order chi connectivity index (χ1) is 7.54. The van der Waals surface area contributed by atoms with E-state index in [0.717, 1.165) is 5.39 Å². The number of nitrogen functional groups attached to an aromatic ring is 1. The Morgan fingerprint density at radius 3 is 2.62 bits per heavy atom. The lowest BCUT2D eigenvalue weighted by Gasteiger charge is -2.02. The molecule has 0 saturated heterocycles. The highest BCUT2D eigenvalue weighted by Gasteiger charge is 2.34. The van der Waals surface area contributed by atoms with Gasteiger partial charge in [0.05, 0.1) is 4.55 Å². The topological polar surface area (TPSA) is 98.2 Å². The van der Waals surface area contributed by atoms with E-state index in [-0.39, 0.29) is 4.90 Å². The largest absolute Gasteiger partial charge is 0.447 e. The SMILES string of the molecule is NO[S+]([O])(=O)c1ccc2cccc(N)c2c1. The molecule has 16 heavy (non-hydrogen) atoms. The maximum absolute atomic E-state index is 11.4. The Morgan fingerprint density at radius 1 is 1.19 bits per heavy atom. The minimum absolute atomic E-state index is 0.0135. The number of nitrogens with two attached hydrogens (primary N) is 2. The van der Waals surface area contributed by atoms with Crippen molar-refractivity contribution in [1.82, 2.24) is 0 Å². The molecule has 1 unspecified atom stereocenters. The van der Waals surface area contributed by atoms with Gasteiger partial charge in [-0.1, -0.05) is 12.1 Å². The molecule has 0 aromatic heterocycles. The van der Waals surface area contributed by atoms with E-state index in [9.17, 15) is 8.76 Å². The Balaban J connectivity index is 2.69. The molecule has 83 valence electrons. The zero-order valence-corrected chi connectivity index (χ0v) is 9.07. The zero-order valence-electron chi connectivity index (χ0n) is 8.25. The Kier molecular flexibility index (Phi) is 2.64. The van der Waals surface area contributed by atoms with Gasteiger partial charge >= 0.3 is 10.5 Å². The van der Waals surface area contributed by atoms with Gasteiger partial charge in [0.25, 0.3) is 0 Å². The van der Waals surface area contributed by atoms with Crippen LogP contribution in [-0.2, 0) is 23.5 Å². The minimum Gasteiger partial charge on any atom is -0.398 e. The number of rotatable bonds is 2. The van der Waals surface area contributed by atoms with E-state index >= 15 is 0 Å². The fraction of sp³-hybridized carbons (Fsp3) is 0. The second kappa shape index (κ2) is 3.84. The highest BCUT2D eigenvalue weighted by molar-refractivity contribution is 7.93. The molecule has 0 heterocycles. The molecule has 0 aliphatic carbocycles. The monoisotopic (exact) mass is 238 g/mol. The highest BCUT2D eigenvalue weighted by atomic mass is 32.3. The summed E-state index contributed by atoms with van der Waals surface area (Å²) in [6, 6.07) is 9.84. The van der Waals surface area contributed by atoms with Gasteiger partial charge in [0.2, 0.25) is 4.90 Å². The molecular weight excluding hydrogens is 228 g/mol. The van der Waals surface area contributed by atoms with Crippen LogP contribution in [0.25, 0.3) is 10.8 Å². The van der Waals surface area contributed by atoms with Crippen molar-refractivity contribution in [2.75, 3.05) is 5.73 Å². The van der Waals surface area contributed by atoms with Crippen molar-refractivity contribution < 1.29 is 13.0 Å². The van der Waals surface area contributed by atoms with Gasteiger partial charge in [0.15, 0.2) is 0 Å². The predicted octanol–water partition coefficient (Wildman–Crippen LogP) is 1.43. The first-order valence-corrected chi connectivity index (χ1v) is 5.87. The molecule has 0 amide bonds. The molecule has 0 saturated carbocycles. The maximum atomic E-state index is 11.4. The van der Waals surface area contributed by atoms with Crippen LogP contribution in [0.1, 0.15) is 0 Å². The maximum Gasteiger partial charge on any atom is 0.447 e. The zero-order chi connectivity index (χ0) is 11.8. The van der Waals surface area contributed by atoms with Crippen LogP contribution in [0.15, 0.2) is 41.3 Å². The second-order valence-electron chi connectivity index (χ2n) is 3.28. The van der Waals surface area contributed by atoms with E-state index in [1.165, 1.54) is 12.1 Å². The Morgan fingerprint density at radius 2 is 1.94 bits per heavy atom. The van der Waals surface area contributed by atoms with Crippen LogP contribution >= 0.6 is 0 Å². The lowest BCUT2D eigenvalue weighted by atomic mass is 10.1. The highest BCUT2D eigenvalue weighted by Crippen LogP contribution is 2.26. The normalized spacial score (nSPS) is 14.9. The molecule has 0 fully saturated rings. The second-order valence-corrected chi connectivity index (χ2v) is 4.85. The van der Waals surface area contributed by atoms with Crippen LogP contribution in [0.2, 0.25) is 0 Å². The van der Waals surface area contributed by atoms with Crippen molar-refractivity contribution in [2.24, 2.45) is 5.90 Å². The fourth-order valence-corrected chi connectivity index (χ4v) is 2.10. The summed E-state index contributed by atoms with van der Waals surface area (Å²) < 4.78 is 26.7. The van der Waals surface area contributed by atoms with Gasteiger partial charge in [-0.05, 0) is 26.0 Å². The van der Waals surface area contributed by atoms with Crippen LogP contribution < -0.4 is 11.6 Å². The van der Waals surface area contributed by atoms with E-state index in [1.807, 2.05) is 6.07 Å². The van der Waals surface area contributed by atoms with Gasteiger partial charge in [-0.2, -0.15) is 5.90 Å². The third-order valence-corrected chi connectivity index (χ3v) is 3.39. The Labute approximate surface area is 93.4 Å². The van der Waals surface area contributed by atoms with Crippen molar-refractivity contribution in [3.8, 4) is 0 Å². The molecule has 0 spiro atoms. The molecule has 5 nitrogen and oxygen atoms in total. The van der Waals surface area contributed by atoms with Crippen molar-refractivity contribution in [3.05, 3.63) is 36.4 Å². The van der Waals surface area contributed by atoms with Gasteiger partial charge < -0.3 is 5.73 Å². The summed E-state index contributed by atoms with van der Waals surface area (Å²) in [4.78, 5) is -0.0135. The van der Waals surface area contributed by atoms with E-state index in [4.69, 9.17) is 11.6 Å². The number of fused-ring (bicyclic) bond motifs is 1. The van der Waals surface area contributed by atoms with Crippen LogP contribution in [0.5, 0.6) is 0 Å². The van der Waals surface area contributed by atoms with E-state index < -0.39 is 10.5 Å². The average Bonchev–Trinajstić information content (AvgIpc) is 2.29. The lowest BCUT2D eigenvalue weighted by Crippen LogP contribution is -2.16. The molecule has 1 radical (unpaired) electrons. The molecule has 6 heteroatoms. The Hall–Kier alpha value is -1.47. The summed E-state index contributed by atoms with van der Waals surface area (Å²) in [5.74, 6) is 4.70.